The molecule has 0 radical (unpaired) electrons. The Balaban J connectivity index is 2.39. The van der Waals surface area contributed by atoms with Gasteiger partial charge in [-0.1, -0.05) is 0 Å². The Morgan fingerprint density at radius 1 is 1.10 bits per heavy atom. The van der Waals surface area contributed by atoms with Crippen molar-refractivity contribution in [3.63, 3.8) is 0 Å². The molecule has 108 valence electrons. The van der Waals surface area contributed by atoms with E-state index >= 15 is 0 Å². The number of hydrogen-bond donors (Lipinski definition) is 2. The first kappa shape index (κ1) is 15.7. The molecule has 0 aliphatic heterocycles. The number of nitrogens with one attached hydrogen (secondary N) is 2. The summed E-state index contributed by atoms with van der Waals surface area (Å²) >= 11 is 0. The number of nitrogens with zero attached hydrogens (tertiary/aromatic N) is 1. The molecular formula is C14H19N3O3. The lowest BCUT2D eigenvalue weighted by Gasteiger charge is -2.11. The molecule has 0 aliphatic carbocycles. The van der Waals surface area contributed by atoms with E-state index in [0.717, 1.165) is 0 Å². The summed E-state index contributed by atoms with van der Waals surface area (Å²) in [6.07, 6.45) is 0.254. The Bertz CT molecular complexity index is 495. The van der Waals surface area contributed by atoms with Gasteiger partial charge in [0.1, 0.15) is 0 Å². The smallest absolute Gasteiger partial charge is 0.319 e. The zero-order chi connectivity index (χ0) is 15.1. The second kappa shape index (κ2) is 7.28. The van der Waals surface area contributed by atoms with E-state index in [1.54, 1.807) is 38.4 Å². The van der Waals surface area contributed by atoms with Gasteiger partial charge in [-0.25, -0.2) is 4.79 Å². The lowest BCUT2D eigenvalue weighted by Crippen LogP contribution is -2.33. The van der Waals surface area contributed by atoms with Crippen molar-refractivity contribution in [2.45, 2.75) is 13.3 Å². The standard InChI is InChI=1S/C14H19N3O3/c1-10(18)11-4-6-12(7-5-11)16-14(20)15-9-8-13(19)17(2)3/h4-7H,8-9H2,1-3H3,(H2,15,16,20). The molecule has 3 amide bonds. The summed E-state index contributed by atoms with van der Waals surface area (Å²) in [4.78, 5) is 35.5. The van der Waals surface area contributed by atoms with Crippen molar-refractivity contribution in [3.05, 3.63) is 29.8 Å². The number of carbonyl (C=O) groups is 3. The molecule has 0 saturated heterocycles. The van der Waals surface area contributed by atoms with Crippen LogP contribution in [0, 0.1) is 0 Å². The lowest BCUT2D eigenvalue weighted by atomic mass is 10.1. The average Bonchev–Trinajstić information content (AvgIpc) is 2.39. The first-order chi connectivity index (χ1) is 9.40. The highest BCUT2D eigenvalue weighted by Gasteiger charge is 2.06. The number of Topliss-reactive ketones (excluding diaryl/α,β-unsaturated/α-hetero) is 1. The Hall–Kier alpha value is -2.37. The molecule has 0 fully saturated rings. The predicted octanol–water partition coefficient (Wildman–Crippen LogP) is 1.49. The molecular weight excluding hydrogens is 258 g/mol. The van der Waals surface area contributed by atoms with Crippen LogP contribution in [0.3, 0.4) is 0 Å². The van der Waals surface area contributed by atoms with Gasteiger partial charge in [-0.2, -0.15) is 0 Å². The molecule has 1 rings (SSSR count). The van der Waals surface area contributed by atoms with Crippen LogP contribution in [-0.4, -0.2) is 43.3 Å². The maximum atomic E-state index is 11.6. The number of ketones is 1. The molecule has 20 heavy (non-hydrogen) atoms. The molecule has 1 aromatic rings. The maximum Gasteiger partial charge on any atom is 0.319 e. The van der Waals surface area contributed by atoms with Crippen LogP contribution in [0.2, 0.25) is 0 Å². The van der Waals surface area contributed by atoms with Gasteiger partial charge in [0, 0.05) is 38.3 Å². The Morgan fingerprint density at radius 3 is 2.20 bits per heavy atom. The van der Waals surface area contributed by atoms with Crippen LogP contribution in [-0.2, 0) is 4.79 Å². The first-order valence-electron chi connectivity index (χ1n) is 6.26. The minimum absolute atomic E-state index is 0.0248. The predicted molar refractivity (Wildman–Crippen MR) is 76.8 cm³/mol. The number of anilines is 1. The molecule has 0 saturated carbocycles. The number of hydrogen-bond acceptors (Lipinski definition) is 3. The van der Waals surface area contributed by atoms with Crippen molar-refractivity contribution < 1.29 is 14.4 Å². The zero-order valence-corrected chi connectivity index (χ0v) is 11.9. The highest BCUT2D eigenvalue weighted by atomic mass is 16.2. The summed E-state index contributed by atoms with van der Waals surface area (Å²) in [6.45, 7) is 1.76. The summed E-state index contributed by atoms with van der Waals surface area (Å²) in [7, 11) is 3.33. The van der Waals surface area contributed by atoms with Gasteiger partial charge in [0.15, 0.2) is 5.78 Å². The minimum atomic E-state index is -0.382. The third-order valence-electron chi connectivity index (χ3n) is 2.67. The quantitative estimate of drug-likeness (QED) is 0.800. The van der Waals surface area contributed by atoms with Crippen LogP contribution in [0.5, 0.6) is 0 Å². The van der Waals surface area contributed by atoms with Crippen LogP contribution in [0.1, 0.15) is 23.7 Å². The van der Waals surface area contributed by atoms with Gasteiger partial charge in [-0.05, 0) is 31.2 Å². The van der Waals surface area contributed by atoms with Crippen LogP contribution in [0.4, 0.5) is 10.5 Å². The van der Waals surface area contributed by atoms with E-state index in [1.807, 2.05) is 0 Å². The van der Waals surface area contributed by atoms with Gasteiger partial charge in [0.2, 0.25) is 5.91 Å². The van der Waals surface area contributed by atoms with E-state index in [9.17, 15) is 14.4 Å². The number of benzene rings is 1. The minimum Gasteiger partial charge on any atom is -0.349 e. The summed E-state index contributed by atoms with van der Waals surface area (Å²) in [5.74, 6) is -0.0701. The number of amides is 3. The fourth-order valence-electron chi connectivity index (χ4n) is 1.47. The first-order valence-corrected chi connectivity index (χ1v) is 6.26. The van der Waals surface area contributed by atoms with Crippen molar-refractivity contribution in [2.24, 2.45) is 0 Å². The second-order valence-corrected chi connectivity index (χ2v) is 4.55. The molecule has 1 aromatic carbocycles. The SMILES string of the molecule is CC(=O)c1ccc(NC(=O)NCCC(=O)N(C)C)cc1. The van der Waals surface area contributed by atoms with Gasteiger partial charge in [-0.3, -0.25) is 9.59 Å². The van der Waals surface area contributed by atoms with Crippen molar-refractivity contribution in [2.75, 3.05) is 26.0 Å². The Labute approximate surface area is 118 Å². The van der Waals surface area contributed by atoms with Gasteiger partial charge < -0.3 is 15.5 Å². The van der Waals surface area contributed by atoms with Gasteiger partial charge in [-0.15, -0.1) is 0 Å². The van der Waals surface area contributed by atoms with E-state index in [-0.39, 0.29) is 30.7 Å². The number of urea groups is 1. The van der Waals surface area contributed by atoms with E-state index in [0.29, 0.717) is 11.3 Å². The summed E-state index contributed by atoms with van der Waals surface area (Å²) in [6, 6.07) is 6.22. The summed E-state index contributed by atoms with van der Waals surface area (Å²) in [5.41, 5.74) is 1.18. The molecule has 0 heterocycles. The molecule has 0 bridgehead atoms. The summed E-state index contributed by atoms with van der Waals surface area (Å²) in [5, 5.41) is 5.21. The van der Waals surface area contributed by atoms with Gasteiger partial charge in [0.05, 0.1) is 0 Å². The lowest BCUT2D eigenvalue weighted by molar-refractivity contribution is -0.128. The Kier molecular flexibility index (Phi) is 5.71. The molecule has 0 atom stereocenters. The second-order valence-electron chi connectivity index (χ2n) is 4.55. The molecule has 0 unspecified atom stereocenters. The normalized spacial score (nSPS) is 9.75. The van der Waals surface area contributed by atoms with Crippen molar-refractivity contribution in [1.29, 1.82) is 0 Å². The third kappa shape index (κ3) is 5.09. The van der Waals surface area contributed by atoms with Crippen molar-refractivity contribution in [3.8, 4) is 0 Å². The zero-order valence-electron chi connectivity index (χ0n) is 11.9. The Morgan fingerprint density at radius 2 is 1.70 bits per heavy atom. The van der Waals surface area contributed by atoms with Gasteiger partial charge >= 0.3 is 6.03 Å². The molecule has 0 aliphatic rings. The van der Waals surface area contributed by atoms with Crippen LogP contribution < -0.4 is 10.6 Å². The molecule has 0 aromatic heterocycles. The monoisotopic (exact) mass is 277 g/mol. The van der Waals surface area contributed by atoms with Crippen LogP contribution in [0.15, 0.2) is 24.3 Å². The maximum absolute atomic E-state index is 11.6. The molecule has 2 N–H and O–H groups in total. The summed E-state index contributed by atoms with van der Waals surface area (Å²) < 4.78 is 0. The van der Waals surface area contributed by atoms with E-state index in [2.05, 4.69) is 10.6 Å². The van der Waals surface area contributed by atoms with E-state index < -0.39 is 0 Å². The van der Waals surface area contributed by atoms with E-state index in [4.69, 9.17) is 0 Å². The highest BCUT2D eigenvalue weighted by Crippen LogP contribution is 2.09. The van der Waals surface area contributed by atoms with Crippen LogP contribution in [0.25, 0.3) is 0 Å². The molecule has 6 nitrogen and oxygen atoms in total. The molecule has 0 spiro atoms. The average molecular weight is 277 g/mol. The molecule has 6 heteroatoms. The highest BCUT2D eigenvalue weighted by molar-refractivity contribution is 5.95. The van der Waals surface area contributed by atoms with Gasteiger partial charge in [0.25, 0.3) is 0 Å². The van der Waals surface area contributed by atoms with Crippen LogP contribution >= 0.6 is 0 Å². The number of carbonyl (C=O) groups excluding carboxylic acids is 3. The topological polar surface area (TPSA) is 78.5 Å². The fraction of sp³-hybridized carbons (Fsp3) is 0.357. The number of rotatable bonds is 5. The third-order valence-corrected chi connectivity index (χ3v) is 2.67. The van der Waals surface area contributed by atoms with Crippen molar-refractivity contribution in [1.82, 2.24) is 10.2 Å². The van der Waals surface area contributed by atoms with Crippen molar-refractivity contribution >= 4 is 23.4 Å². The van der Waals surface area contributed by atoms with E-state index in [1.165, 1.54) is 11.8 Å². The fourth-order valence-corrected chi connectivity index (χ4v) is 1.47. The largest absolute Gasteiger partial charge is 0.349 e.